The Balaban J connectivity index is 1.87. The minimum absolute atomic E-state index is 0.0171. The molecular weight excluding hydrogens is 451 g/mol. The largest absolute Gasteiger partial charge is 0.477 e. The lowest BCUT2D eigenvalue weighted by atomic mass is 10.1. The molecule has 27 heavy (non-hydrogen) atoms. The van der Waals surface area contributed by atoms with Gasteiger partial charge in [0.1, 0.15) is 0 Å². The summed E-state index contributed by atoms with van der Waals surface area (Å²) >= 11 is 21.0. The molecule has 0 aliphatic heterocycles. The molecule has 10 heteroatoms. The SMILES string of the molecule is Cc1nc(NC(=O)Cc2c(Cl)ccc(-c3ccc(Cl)s3)c2Cl)c(C(=O)O)s1. The van der Waals surface area contributed by atoms with Gasteiger partial charge in [-0.15, -0.1) is 22.7 Å². The average molecular weight is 462 g/mol. The highest BCUT2D eigenvalue weighted by atomic mass is 35.5. The topological polar surface area (TPSA) is 79.3 Å². The van der Waals surface area contributed by atoms with E-state index in [1.165, 1.54) is 11.3 Å². The molecule has 2 heterocycles. The number of thiazole rings is 1. The lowest BCUT2D eigenvalue weighted by Gasteiger charge is -2.11. The second-order valence-corrected chi connectivity index (χ2v) is 9.14. The van der Waals surface area contributed by atoms with Crippen LogP contribution in [-0.4, -0.2) is 22.0 Å². The highest BCUT2D eigenvalue weighted by molar-refractivity contribution is 7.19. The van der Waals surface area contributed by atoms with Gasteiger partial charge in [-0.3, -0.25) is 4.79 Å². The van der Waals surface area contributed by atoms with Crippen molar-refractivity contribution >= 4 is 75.2 Å². The minimum Gasteiger partial charge on any atom is -0.477 e. The summed E-state index contributed by atoms with van der Waals surface area (Å²) in [4.78, 5) is 28.6. The first kappa shape index (κ1) is 20.1. The van der Waals surface area contributed by atoms with E-state index in [2.05, 4.69) is 10.3 Å². The molecule has 3 aromatic rings. The average Bonchev–Trinajstić information content (AvgIpc) is 3.17. The van der Waals surface area contributed by atoms with Crippen molar-refractivity contribution in [3.63, 3.8) is 0 Å². The summed E-state index contributed by atoms with van der Waals surface area (Å²) < 4.78 is 0.621. The highest BCUT2D eigenvalue weighted by Crippen LogP contribution is 2.39. The number of anilines is 1. The lowest BCUT2D eigenvalue weighted by molar-refractivity contribution is -0.115. The van der Waals surface area contributed by atoms with Crippen LogP contribution in [0.5, 0.6) is 0 Å². The van der Waals surface area contributed by atoms with Crippen molar-refractivity contribution in [3.05, 3.63) is 54.1 Å². The van der Waals surface area contributed by atoms with E-state index in [-0.39, 0.29) is 17.1 Å². The molecule has 0 aliphatic rings. The second kappa shape index (κ2) is 8.16. The number of hydrogen-bond donors (Lipinski definition) is 2. The third kappa shape index (κ3) is 4.44. The van der Waals surface area contributed by atoms with Crippen molar-refractivity contribution in [3.8, 4) is 10.4 Å². The van der Waals surface area contributed by atoms with Gasteiger partial charge in [-0.2, -0.15) is 0 Å². The molecule has 0 atom stereocenters. The van der Waals surface area contributed by atoms with Gasteiger partial charge in [0.15, 0.2) is 10.7 Å². The maximum absolute atomic E-state index is 12.4. The molecule has 0 spiro atoms. The van der Waals surface area contributed by atoms with Crippen molar-refractivity contribution in [1.29, 1.82) is 0 Å². The molecule has 5 nitrogen and oxygen atoms in total. The van der Waals surface area contributed by atoms with Gasteiger partial charge in [0, 0.05) is 15.5 Å². The predicted molar refractivity (Wildman–Crippen MR) is 111 cm³/mol. The number of nitrogens with one attached hydrogen (secondary N) is 1. The van der Waals surface area contributed by atoms with E-state index in [1.54, 1.807) is 25.1 Å². The summed E-state index contributed by atoms with van der Waals surface area (Å²) in [7, 11) is 0. The van der Waals surface area contributed by atoms with Crippen LogP contribution in [0.3, 0.4) is 0 Å². The van der Waals surface area contributed by atoms with Gasteiger partial charge in [-0.1, -0.05) is 40.9 Å². The number of carboxylic acids is 1. The molecule has 2 aromatic heterocycles. The number of aromatic nitrogens is 1. The number of hydrogen-bond acceptors (Lipinski definition) is 5. The summed E-state index contributed by atoms with van der Waals surface area (Å²) in [6, 6.07) is 7.02. The predicted octanol–water partition coefficient (Wildman–Crippen LogP) is 6.02. The number of rotatable bonds is 5. The van der Waals surface area contributed by atoms with Gasteiger partial charge in [0.05, 0.1) is 20.8 Å². The zero-order valence-corrected chi connectivity index (χ0v) is 17.6. The van der Waals surface area contributed by atoms with Crippen LogP contribution >= 0.6 is 57.5 Å². The fourth-order valence-corrected chi connectivity index (χ4v) is 4.85. The molecule has 2 N–H and O–H groups in total. The zero-order valence-electron chi connectivity index (χ0n) is 13.7. The first-order chi connectivity index (χ1) is 12.8. The first-order valence-corrected chi connectivity index (χ1v) is 10.3. The fourth-order valence-electron chi connectivity index (χ4n) is 2.40. The number of halogens is 3. The third-order valence-electron chi connectivity index (χ3n) is 3.55. The molecule has 1 aromatic carbocycles. The molecule has 0 radical (unpaired) electrons. The summed E-state index contributed by atoms with van der Waals surface area (Å²) in [5.41, 5.74) is 1.16. The van der Waals surface area contributed by atoms with Gasteiger partial charge in [-0.05, 0) is 30.7 Å². The van der Waals surface area contributed by atoms with Gasteiger partial charge in [-0.25, -0.2) is 9.78 Å². The molecule has 0 unspecified atom stereocenters. The number of aromatic carboxylic acids is 1. The van der Waals surface area contributed by atoms with E-state index in [9.17, 15) is 14.7 Å². The first-order valence-electron chi connectivity index (χ1n) is 7.49. The molecule has 0 aliphatic carbocycles. The highest BCUT2D eigenvalue weighted by Gasteiger charge is 2.20. The molecule has 0 fully saturated rings. The van der Waals surface area contributed by atoms with Crippen LogP contribution < -0.4 is 5.32 Å². The molecule has 3 rings (SSSR count). The van der Waals surface area contributed by atoms with Crippen molar-refractivity contribution < 1.29 is 14.7 Å². The van der Waals surface area contributed by atoms with E-state index in [1.807, 2.05) is 6.07 Å². The Morgan fingerprint density at radius 2 is 1.89 bits per heavy atom. The van der Waals surface area contributed by atoms with Crippen LogP contribution in [-0.2, 0) is 11.2 Å². The van der Waals surface area contributed by atoms with Crippen LogP contribution in [0.1, 0.15) is 20.2 Å². The lowest BCUT2D eigenvalue weighted by Crippen LogP contribution is -2.17. The number of nitrogens with zero attached hydrogens (tertiary/aromatic N) is 1. The summed E-state index contributed by atoms with van der Waals surface area (Å²) in [5, 5.41) is 13.0. The summed E-state index contributed by atoms with van der Waals surface area (Å²) in [5.74, 6) is -1.60. The molecular formula is C17H11Cl3N2O3S2. The van der Waals surface area contributed by atoms with Crippen LogP contribution in [0.25, 0.3) is 10.4 Å². The Morgan fingerprint density at radius 3 is 2.52 bits per heavy atom. The zero-order chi connectivity index (χ0) is 19.7. The van der Waals surface area contributed by atoms with Crippen molar-refractivity contribution in [2.24, 2.45) is 0 Å². The molecule has 0 bridgehead atoms. The third-order valence-corrected chi connectivity index (χ3v) is 6.56. The standard InChI is InChI=1S/C17H11Cl3N2O3S2/c1-7-21-16(15(26-7)17(24)25)22-13(23)6-9-10(18)3-2-8(14(9)20)11-4-5-12(19)27-11/h2-5H,6H2,1H3,(H,22,23)(H,24,25). The number of carbonyl (C=O) groups excluding carboxylic acids is 1. The number of aryl methyl sites for hydroxylation is 1. The summed E-state index contributed by atoms with van der Waals surface area (Å²) in [6.45, 7) is 1.66. The van der Waals surface area contributed by atoms with Crippen molar-refractivity contribution in [1.82, 2.24) is 4.98 Å². The van der Waals surface area contributed by atoms with Gasteiger partial charge < -0.3 is 10.4 Å². The smallest absolute Gasteiger partial charge is 0.349 e. The molecule has 1 amide bonds. The number of carboxylic acid groups (broad SMARTS) is 1. The van der Waals surface area contributed by atoms with Crippen LogP contribution in [0.4, 0.5) is 5.82 Å². The Kier molecular flexibility index (Phi) is 6.08. The molecule has 0 saturated carbocycles. The minimum atomic E-state index is -1.15. The normalized spacial score (nSPS) is 10.8. The Bertz CT molecular complexity index is 1050. The quantitative estimate of drug-likeness (QED) is 0.487. The van der Waals surface area contributed by atoms with Crippen molar-refractivity contribution in [2.75, 3.05) is 5.32 Å². The fraction of sp³-hybridized carbons (Fsp3) is 0.118. The van der Waals surface area contributed by atoms with Crippen molar-refractivity contribution in [2.45, 2.75) is 13.3 Å². The Morgan fingerprint density at radius 1 is 1.15 bits per heavy atom. The monoisotopic (exact) mass is 460 g/mol. The van der Waals surface area contributed by atoms with E-state index in [0.717, 1.165) is 21.8 Å². The van der Waals surface area contributed by atoms with E-state index in [4.69, 9.17) is 34.8 Å². The number of benzene rings is 1. The number of amides is 1. The maximum atomic E-state index is 12.4. The van der Waals surface area contributed by atoms with Crippen LogP contribution in [0.2, 0.25) is 14.4 Å². The van der Waals surface area contributed by atoms with Crippen LogP contribution in [0.15, 0.2) is 24.3 Å². The van der Waals surface area contributed by atoms with E-state index >= 15 is 0 Å². The summed E-state index contributed by atoms with van der Waals surface area (Å²) in [6.07, 6.45) is -0.125. The van der Waals surface area contributed by atoms with Crippen LogP contribution in [0, 0.1) is 6.92 Å². The molecule has 140 valence electrons. The van der Waals surface area contributed by atoms with E-state index < -0.39 is 11.9 Å². The maximum Gasteiger partial charge on any atom is 0.349 e. The Hall–Kier alpha value is -1.64. The van der Waals surface area contributed by atoms with Gasteiger partial charge >= 0.3 is 5.97 Å². The molecule has 0 saturated heterocycles. The van der Waals surface area contributed by atoms with Gasteiger partial charge in [0.25, 0.3) is 0 Å². The number of carbonyl (C=O) groups is 2. The number of thiophene rings is 1. The second-order valence-electron chi connectivity index (χ2n) is 5.43. The van der Waals surface area contributed by atoms with Gasteiger partial charge in [0.2, 0.25) is 5.91 Å². The van der Waals surface area contributed by atoms with E-state index in [0.29, 0.717) is 25.0 Å². The Labute approximate surface area is 177 Å².